The van der Waals surface area contributed by atoms with Crippen molar-refractivity contribution >= 4 is 5.91 Å². The Morgan fingerprint density at radius 3 is 1.59 bits per heavy atom. The Balaban J connectivity index is 3.14. The van der Waals surface area contributed by atoms with E-state index in [1.807, 2.05) is 0 Å². The molecular weight excluding hydrogens is 438 g/mol. The van der Waals surface area contributed by atoms with E-state index in [4.69, 9.17) is 28.4 Å². The highest BCUT2D eigenvalue weighted by atomic mass is 16.6. The standard InChI is InChI=1S/C26H53NO7/c1-4-5-14-29-17-19-31-21-23-33-24-22-32-20-18-30-16-13-27-26(28)12-10-8-6-7-9-11-15-34-25(2)3/h25H,4-24H2,1-3H3,(H,27,28). The third-order valence-corrected chi connectivity index (χ3v) is 4.95. The average molecular weight is 492 g/mol. The van der Waals surface area contributed by atoms with E-state index in [1.54, 1.807) is 0 Å². The van der Waals surface area contributed by atoms with Crippen LogP contribution in [0, 0.1) is 0 Å². The smallest absolute Gasteiger partial charge is 0.220 e. The van der Waals surface area contributed by atoms with Gasteiger partial charge in [0.05, 0.1) is 65.6 Å². The first kappa shape index (κ1) is 33.2. The summed E-state index contributed by atoms with van der Waals surface area (Å²) in [5, 5.41) is 2.90. The van der Waals surface area contributed by atoms with Gasteiger partial charge < -0.3 is 33.7 Å². The van der Waals surface area contributed by atoms with E-state index in [0.29, 0.717) is 78.5 Å². The van der Waals surface area contributed by atoms with Gasteiger partial charge in [0.1, 0.15) is 0 Å². The van der Waals surface area contributed by atoms with Gasteiger partial charge in [-0.05, 0) is 33.1 Å². The zero-order chi connectivity index (χ0) is 25.0. The van der Waals surface area contributed by atoms with Gasteiger partial charge in [-0.25, -0.2) is 0 Å². The highest BCUT2D eigenvalue weighted by molar-refractivity contribution is 5.75. The van der Waals surface area contributed by atoms with Gasteiger partial charge in [0.15, 0.2) is 0 Å². The zero-order valence-electron chi connectivity index (χ0n) is 22.3. The minimum absolute atomic E-state index is 0.107. The number of ether oxygens (including phenoxy) is 6. The van der Waals surface area contributed by atoms with Crippen LogP contribution in [0.5, 0.6) is 0 Å². The second-order valence-corrected chi connectivity index (χ2v) is 8.56. The van der Waals surface area contributed by atoms with Crippen LogP contribution in [-0.2, 0) is 33.2 Å². The van der Waals surface area contributed by atoms with Crippen LogP contribution in [0.15, 0.2) is 0 Å². The van der Waals surface area contributed by atoms with E-state index in [2.05, 4.69) is 26.1 Å². The lowest BCUT2D eigenvalue weighted by molar-refractivity contribution is -0.121. The van der Waals surface area contributed by atoms with Crippen molar-refractivity contribution in [2.45, 2.75) is 84.7 Å². The average Bonchev–Trinajstić information content (AvgIpc) is 2.82. The van der Waals surface area contributed by atoms with Crippen molar-refractivity contribution in [3.63, 3.8) is 0 Å². The van der Waals surface area contributed by atoms with Crippen molar-refractivity contribution in [3.8, 4) is 0 Å². The summed E-state index contributed by atoms with van der Waals surface area (Å²) in [7, 11) is 0. The fourth-order valence-corrected chi connectivity index (χ4v) is 2.99. The molecule has 0 aliphatic carbocycles. The predicted octanol–water partition coefficient (Wildman–Crippen LogP) is 4.14. The van der Waals surface area contributed by atoms with Crippen molar-refractivity contribution in [1.29, 1.82) is 0 Å². The summed E-state index contributed by atoms with van der Waals surface area (Å²) in [5.74, 6) is 0.107. The molecule has 0 saturated heterocycles. The molecule has 0 saturated carbocycles. The number of hydrogen-bond acceptors (Lipinski definition) is 7. The summed E-state index contributed by atoms with van der Waals surface area (Å²) in [4.78, 5) is 11.8. The molecule has 0 atom stereocenters. The Hall–Kier alpha value is -0.770. The highest BCUT2D eigenvalue weighted by Gasteiger charge is 2.01. The van der Waals surface area contributed by atoms with Crippen LogP contribution in [0.2, 0.25) is 0 Å². The molecule has 0 spiro atoms. The topological polar surface area (TPSA) is 84.5 Å². The van der Waals surface area contributed by atoms with Crippen molar-refractivity contribution in [3.05, 3.63) is 0 Å². The molecule has 204 valence electrons. The minimum Gasteiger partial charge on any atom is -0.379 e. The van der Waals surface area contributed by atoms with E-state index in [1.165, 1.54) is 19.3 Å². The number of carbonyl (C=O) groups is 1. The Kier molecular flexibility index (Phi) is 27.8. The molecule has 0 heterocycles. The van der Waals surface area contributed by atoms with Crippen LogP contribution in [0.25, 0.3) is 0 Å². The third-order valence-electron chi connectivity index (χ3n) is 4.95. The van der Waals surface area contributed by atoms with Crippen LogP contribution >= 0.6 is 0 Å². The second-order valence-electron chi connectivity index (χ2n) is 8.56. The van der Waals surface area contributed by atoms with Gasteiger partial charge >= 0.3 is 0 Å². The van der Waals surface area contributed by atoms with Crippen molar-refractivity contribution in [2.24, 2.45) is 0 Å². The van der Waals surface area contributed by atoms with Crippen LogP contribution in [0.1, 0.15) is 78.6 Å². The fraction of sp³-hybridized carbons (Fsp3) is 0.962. The summed E-state index contributed by atoms with van der Waals surface area (Å²) in [5.41, 5.74) is 0. The molecule has 0 bridgehead atoms. The molecule has 0 fully saturated rings. The molecule has 0 aliphatic rings. The molecule has 0 aromatic rings. The molecule has 0 aromatic carbocycles. The lowest BCUT2D eigenvalue weighted by atomic mass is 10.1. The van der Waals surface area contributed by atoms with Gasteiger partial charge in [0.2, 0.25) is 5.91 Å². The Morgan fingerprint density at radius 2 is 1.06 bits per heavy atom. The first-order valence-electron chi connectivity index (χ1n) is 13.4. The van der Waals surface area contributed by atoms with Gasteiger partial charge in [-0.1, -0.05) is 39.0 Å². The molecule has 0 aliphatic heterocycles. The molecule has 1 N–H and O–H groups in total. The van der Waals surface area contributed by atoms with Gasteiger partial charge in [0, 0.05) is 26.2 Å². The van der Waals surface area contributed by atoms with E-state index >= 15 is 0 Å². The number of unbranched alkanes of at least 4 members (excludes halogenated alkanes) is 6. The highest BCUT2D eigenvalue weighted by Crippen LogP contribution is 2.07. The molecule has 0 aromatic heterocycles. The minimum atomic E-state index is 0.107. The number of rotatable bonds is 28. The van der Waals surface area contributed by atoms with Crippen LogP contribution < -0.4 is 5.32 Å². The van der Waals surface area contributed by atoms with Crippen LogP contribution in [0.3, 0.4) is 0 Å². The Labute approximate surface area is 208 Å². The molecule has 0 radical (unpaired) electrons. The first-order valence-corrected chi connectivity index (χ1v) is 13.4. The third kappa shape index (κ3) is 29.3. The second kappa shape index (κ2) is 28.5. The van der Waals surface area contributed by atoms with Crippen molar-refractivity contribution in [1.82, 2.24) is 5.32 Å². The molecule has 34 heavy (non-hydrogen) atoms. The fourth-order valence-electron chi connectivity index (χ4n) is 2.99. The van der Waals surface area contributed by atoms with Crippen molar-refractivity contribution < 1.29 is 33.2 Å². The summed E-state index contributed by atoms with van der Waals surface area (Å²) in [6.45, 7) is 13.5. The summed E-state index contributed by atoms with van der Waals surface area (Å²) < 4.78 is 32.7. The number of amides is 1. The molecular formula is C26H53NO7. The lowest BCUT2D eigenvalue weighted by Crippen LogP contribution is -2.27. The lowest BCUT2D eigenvalue weighted by Gasteiger charge is -2.08. The van der Waals surface area contributed by atoms with Crippen LogP contribution in [0.4, 0.5) is 0 Å². The number of carbonyl (C=O) groups excluding carboxylic acids is 1. The molecule has 0 unspecified atom stereocenters. The maximum Gasteiger partial charge on any atom is 0.220 e. The summed E-state index contributed by atoms with van der Waals surface area (Å²) in [6.07, 6.45) is 9.96. The summed E-state index contributed by atoms with van der Waals surface area (Å²) in [6, 6.07) is 0. The van der Waals surface area contributed by atoms with Gasteiger partial charge in [0.25, 0.3) is 0 Å². The largest absolute Gasteiger partial charge is 0.379 e. The van der Waals surface area contributed by atoms with Gasteiger partial charge in [-0.15, -0.1) is 0 Å². The molecule has 1 amide bonds. The van der Waals surface area contributed by atoms with E-state index in [9.17, 15) is 4.79 Å². The molecule has 8 nitrogen and oxygen atoms in total. The molecule has 0 rings (SSSR count). The number of hydrogen-bond donors (Lipinski definition) is 1. The maximum atomic E-state index is 11.8. The van der Waals surface area contributed by atoms with E-state index < -0.39 is 0 Å². The van der Waals surface area contributed by atoms with Gasteiger partial charge in [-0.2, -0.15) is 0 Å². The Bertz CT molecular complexity index is 411. The monoisotopic (exact) mass is 491 g/mol. The number of nitrogens with one attached hydrogen (secondary N) is 1. The quantitative estimate of drug-likeness (QED) is 0.165. The summed E-state index contributed by atoms with van der Waals surface area (Å²) >= 11 is 0. The first-order chi connectivity index (χ1) is 16.7. The maximum absolute atomic E-state index is 11.8. The van der Waals surface area contributed by atoms with E-state index in [0.717, 1.165) is 45.3 Å². The molecule has 8 heteroatoms. The van der Waals surface area contributed by atoms with E-state index in [-0.39, 0.29) is 5.91 Å². The zero-order valence-corrected chi connectivity index (χ0v) is 22.3. The van der Waals surface area contributed by atoms with Gasteiger partial charge in [-0.3, -0.25) is 4.79 Å². The predicted molar refractivity (Wildman–Crippen MR) is 135 cm³/mol. The van der Waals surface area contributed by atoms with Crippen LogP contribution in [-0.4, -0.2) is 91.2 Å². The Morgan fingerprint density at radius 1 is 0.588 bits per heavy atom. The SMILES string of the molecule is CCCCOCCOCCOCCOCCOCCNC(=O)CCCCCCCCOC(C)C. The van der Waals surface area contributed by atoms with Crippen molar-refractivity contribution in [2.75, 3.05) is 79.2 Å². The normalized spacial score (nSPS) is 11.4.